The highest BCUT2D eigenvalue weighted by molar-refractivity contribution is 8.00. The first-order valence-corrected chi connectivity index (χ1v) is 6.44. The zero-order valence-electron chi connectivity index (χ0n) is 10.2. The number of thioether (sulfide) groups is 1. The van der Waals surface area contributed by atoms with E-state index < -0.39 is 0 Å². The van der Waals surface area contributed by atoms with Gasteiger partial charge in [0.05, 0.1) is 29.8 Å². The Morgan fingerprint density at radius 2 is 2.47 bits per heavy atom. The Balaban J connectivity index is 2.49. The lowest BCUT2D eigenvalue weighted by Crippen LogP contribution is -2.28. The molecule has 0 aliphatic heterocycles. The van der Waals surface area contributed by atoms with Crippen molar-refractivity contribution in [2.75, 3.05) is 11.5 Å². The van der Waals surface area contributed by atoms with Crippen molar-refractivity contribution in [3.63, 3.8) is 0 Å². The van der Waals surface area contributed by atoms with Crippen LogP contribution in [0.5, 0.6) is 0 Å². The lowest BCUT2D eigenvalue weighted by Gasteiger charge is -2.13. The van der Waals surface area contributed by atoms with E-state index in [-0.39, 0.29) is 11.9 Å². The number of nitrogens with one attached hydrogen (secondary N) is 1. The number of amides is 1. The van der Waals surface area contributed by atoms with Crippen molar-refractivity contribution in [3.05, 3.63) is 17.5 Å². The predicted molar refractivity (Wildman–Crippen MR) is 67.4 cm³/mol. The first-order chi connectivity index (χ1) is 8.06. The van der Waals surface area contributed by atoms with Crippen LogP contribution < -0.4 is 5.32 Å². The Kier molecular flexibility index (Phi) is 5.04. The number of carbonyl (C=O) groups excluding carboxylic acids is 1. The monoisotopic (exact) mass is 252 g/mol. The van der Waals surface area contributed by atoms with E-state index in [1.54, 1.807) is 10.9 Å². The summed E-state index contributed by atoms with van der Waals surface area (Å²) in [4.78, 5) is 11.6. The van der Waals surface area contributed by atoms with Crippen molar-refractivity contribution in [1.29, 1.82) is 5.26 Å². The normalized spacial score (nSPS) is 11.9. The molecule has 0 aromatic carbocycles. The van der Waals surface area contributed by atoms with E-state index in [9.17, 15) is 4.79 Å². The van der Waals surface area contributed by atoms with Gasteiger partial charge in [-0.05, 0) is 13.8 Å². The second-order valence-corrected chi connectivity index (χ2v) is 4.73. The molecular weight excluding hydrogens is 236 g/mol. The maximum atomic E-state index is 11.6. The molecule has 0 aliphatic rings. The summed E-state index contributed by atoms with van der Waals surface area (Å²) in [6, 6.07) is 1.93. The molecule has 0 radical (unpaired) electrons. The summed E-state index contributed by atoms with van der Waals surface area (Å²) in [5, 5.41) is 15.4. The lowest BCUT2D eigenvalue weighted by molar-refractivity contribution is -0.119. The molecule has 0 bridgehead atoms. The van der Waals surface area contributed by atoms with Crippen molar-refractivity contribution in [2.45, 2.75) is 19.9 Å². The van der Waals surface area contributed by atoms with Gasteiger partial charge in [-0.2, -0.15) is 10.4 Å². The third-order valence-corrected chi connectivity index (χ3v) is 3.32. The molecule has 0 saturated carbocycles. The minimum atomic E-state index is -0.0566. The summed E-state index contributed by atoms with van der Waals surface area (Å²) >= 11 is 1.31. The van der Waals surface area contributed by atoms with Crippen LogP contribution in [0.25, 0.3) is 0 Å². The van der Waals surface area contributed by atoms with E-state index >= 15 is 0 Å². The minimum Gasteiger partial charge on any atom is -0.349 e. The first kappa shape index (κ1) is 13.6. The van der Waals surface area contributed by atoms with E-state index in [2.05, 4.69) is 10.4 Å². The number of aryl methyl sites for hydroxylation is 1. The topological polar surface area (TPSA) is 70.7 Å². The highest BCUT2D eigenvalue weighted by Crippen LogP contribution is 2.15. The van der Waals surface area contributed by atoms with Gasteiger partial charge in [-0.25, -0.2) is 0 Å². The second kappa shape index (κ2) is 6.30. The predicted octanol–water partition coefficient (Wildman–Crippen LogP) is 1.16. The standard InChI is InChI=1S/C11H16N4OS/c1-8(10-6-13-15(3)9(10)2)14-11(16)7-17-5-4-12/h6,8H,5,7H2,1-3H3,(H,14,16). The van der Waals surface area contributed by atoms with Crippen LogP contribution >= 0.6 is 11.8 Å². The zero-order valence-corrected chi connectivity index (χ0v) is 11.0. The molecule has 6 heteroatoms. The number of carbonyl (C=O) groups is 1. The first-order valence-electron chi connectivity index (χ1n) is 5.28. The molecule has 1 heterocycles. The van der Waals surface area contributed by atoms with Gasteiger partial charge in [0.25, 0.3) is 0 Å². The van der Waals surface area contributed by atoms with Gasteiger partial charge >= 0.3 is 0 Å². The third-order valence-electron chi connectivity index (χ3n) is 2.52. The van der Waals surface area contributed by atoms with Gasteiger partial charge in [0, 0.05) is 18.3 Å². The van der Waals surface area contributed by atoms with E-state index in [0.717, 1.165) is 11.3 Å². The van der Waals surface area contributed by atoms with Crippen LogP contribution in [0.3, 0.4) is 0 Å². The summed E-state index contributed by atoms with van der Waals surface area (Å²) < 4.78 is 1.78. The lowest BCUT2D eigenvalue weighted by atomic mass is 10.1. The summed E-state index contributed by atoms with van der Waals surface area (Å²) in [5.41, 5.74) is 2.06. The minimum absolute atomic E-state index is 0.0546. The molecule has 92 valence electrons. The highest BCUT2D eigenvalue weighted by atomic mass is 32.2. The van der Waals surface area contributed by atoms with Crippen molar-refractivity contribution < 1.29 is 4.79 Å². The van der Waals surface area contributed by atoms with Crippen molar-refractivity contribution in [2.24, 2.45) is 7.05 Å². The van der Waals surface area contributed by atoms with Gasteiger partial charge in [-0.3, -0.25) is 9.48 Å². The van der Waals surface area contributed by atoms with Crippen LogP contribution in [0, 0.1) is 18.3 Å². The molecular formula is C11H16N4OS. The van der Waals surface area contributed by atoms with E-state index in [1.165, 1.54) is 11.8 Å². The number of nitrogens with zero attached hydrogens (tertiary/aromatic N) is 3. The van der Waals surface area contributed by atoms with Gasteiger partial charge in [0.15, 0.2) is 0 Å². The largest absolute Gasteiger partial charge is 0.349 e. The van der Waals surface area contributed by atoms with Crippen LogP contribution in [0.15, 0.2) is 6.20 Å². The smallest absolute Gasteiger partial charge is 0.230 e. The van der Waals surface area contributed by atoms with Crippen LogP contribution in [-0.4, -0.2) is 27.2 Å². The van der Waals surface area contributed by atoms with E-state index in [1.807, 2.05) is 27.0 Å². The van der Waals surface area contributed by atoms with Gasteiger partial charge < -0.3 is 5.32 Å². The Labute approximate surface area is 105 Å². The van der Waals surface area contributed by atoms with E-state index in [4.69, 9.17) is 5.26 Å². The molecule has 1 rings (SSSR count). The number of nitriles is 1. The van der Waals surface area contributed by atoms with Gasteiger partial charge in [0.1, 0.15) is 0 Å². The molecule has 0 saturated heterocycles. The van der Waals surface area contributed by atoms with Crippen LogP contribution in [0.4, 0.5) is 0 Å². The SMILES string of the molecule is Cc1c(C(C)NC(=O)CSCC#N)cnn1C. The third kappa shape index (κ3) is 3.79. The number of aromatic nitrogens is 2. The molecule has 0 fully saturated rings. The summed E-state index contributed by atoms with van der Waals surface area (Å²) in [5.74, 6) is 0.603. The number of rotatable bonds is 5. The van der Waals surface area contributed by atoms with Crippen LogP contribution in [-0.2, 0) is 11.8 Å². The number of hydrogen-bond donors (Lipinski definition) is 1. The fraction of sp³-hybridized carbons (Fsp3) is 0.545. The van der Waals surface area contributed by atoms with Gasteiger partial charge in [-0.1, -0.05) is 0 Å². The average molecular weight is 252 g/mol. The molecule has 1 unspecified atom stereocenters. The summed E-state index contributed by atoms with van der Waals surface area (Å²) in [7, 11) is 1.87. The van der Waals surface area contributed by atoms with Crippen molar-refractivity contribution in [3.8, 4) is 6.07 Å². The van der Waals surface area contributed by atoms with Crippen LogP contribution in [0.2, 0.25) is 0 Å². The quantitative estimate of drug-likeness (QED) is 0.798. The molecule has 1 aromatic rings. The molecule has 0 spiro atoms. The molecule has 1 atom stereocenters. The van der Waals surface area contributed by atoms with Crippen molar-refractivity contribution >= 4 is 17.7 Å². The zero-order chi connectivity index (χ0) is 12.8. The maximum Gasteiger partial charge on any atom is 0.230 e. The van der Waals surface area contributed by atoms with Crippen LogP contribution in [0.1, 0.15) is 24.2 Å². The molecule has 5 nitrogen and oxygen atoms in total. The fourth-order valence-corrected chi connectivity index (χ4v) is 1.95. The fourth-order valence-electron chi connectivity index (χ4n) is 1.49. The van der Waals surface area contributed by atoms with Crippen molar-refractivity contribution in [1.82, 2.24) is 15.1 Å². The molecule has 17 heavy (non-hydrogen) atoms. The average Bonchev–Trinajstić information content (AvgIpc) is 2.60. The Bertz CT molecular complexity index is 435. The summed E-state index contributed by atoms with van der Waals surface area (Å²) in [6.07, 6.45) is 1.77. The molecule has 0 aliphatic carbocycles. The molecule has 1 N–H and O–H groups in total. The Morgan fingerprint density at radius 3 is 3.00 bits per heavy atom. The highest BCUT2D eigenvalue weighted by Gasteiger charge is 2.14. The summed E-state index contributed by atoms with van der Waals surface area (Å²) in [6.45, 7) is 3.90. The van der Waals surface area contributed by atoms with E-state index in [0.29, 0.717) is 11.5 Å². The molecule has 1 amide bonds. The Morgan fingerprint density at radius 1 is 1.76 bits per heavy atom. The maximum absolute atomic E-state index is 11.6. The molecule has 1 aromatic heterocycles. The number of hydrogen-bond acceptors (Lipinski definition) is 4. The van der Waals surface area contributed by atoms with Gasteiger partial charge in [0.2, 0.25) is 5.91 Å². The Hall–Kier alpha value is -1.48. The van der Waals surface area contributed by atoms with Gasteiger partial charge in [-0.15, -0.1) is 11.8 Å². The second-order valence-electron chi connectivity index (χ2n) is 3.75.